The van der Waals surface area contributed by atoms with E-state index in [4.69, 9.17) is 9.84 Å². The highest BCUT2D eigenvalue weighted by molar-refractivity contribution is 7.99. The quantitative estimate of drug-likeness (QED) is 0.513. The van der Waals surface area contributed by atoms with Gasteiger partial charge in [0.2, 0.25) is 5.91 Å². The summed E-state index contributed by atoms with van der Waals surface area (Å²) in [5.41, 5.74) is 0. The van der Waals surface area contributed by atoms with Gasteiger partial charge < -0.3 is 15.2 Å². The summed E-state index contributed by atoms with van der Waals surface area (Å²) in [6.07, 6.45) is 1.90. The minimum atomic E-state index is -0.794. The molecular formula is C15H21NO4S. The Hall–Kier alpha value is -1.69. The van der Waals surface area contributed by atoms with E-state index in [-0.39, 0.29) is 12.3 Å². The molecular weight excluding hydrogens is 290 g/mol. The first-order chi connectivity index (χ1) is 10.1. The summed E-state index contributed by atoms with van der Waals surface area (Å²) in [6, 6.07) is 7.72. The fraction of sp³-hybridized carbons (Fsp3) is 0.467. The summed E-state index contributed by atoms with van der Waals surface area (Å²) >= 11 is 1.62. The highest BCUT2D eigenvalue weighted by atomic mass is 32.2. The van der Waals surface area contributed by atoms with Crippen molar-refractivity contribution in [2.45, 2.75) is 30.6 Å². The lowest BCUT2D eigenvalue weighted by atomic mass is 10.2. The molecule has 0 unspecified atom stereocenters. The molecule has 0 spiro atoms. The van der Waals surface area contributed by atoms with Crippen molar-refractivity contribution in [2.24, 2.45) is 0 Å². The van der Waals surface area contributed by atoms with E-state index < -0.39 is 5.97 Å². The van der Waals surface area contributed by atoms with Gasteiger partial charge in [0.1, 0.15) is 5.75 Å². The van der Waals surface area contributed by atoms with E-state index in [1.54, 1.807) is 18.9 Å². The number of carbonyl (C=O) groups excluding carboxylic acids is 1. The van der Waals surface area contributed by atoms with Gasteiger partial charge in [0.05, 0.1) is 7.11 Å². The molecule has 0 aliphatic rings. The van der Waals surface area contributed by atoms with Crippen LogP contribution in [0.2, 0.25) is 0 Å². The molecule has 5 nitrogen and oxygen atoms in total. The molecule has 1 aromatic carbocycles. The topological polar surface area (TPSA) is 75.6 Å². The second kappa shape index (κ2) is 10.1. The maximum atomic E-state index is 11.6. The molecule has 0 radical (unpaired) electrons. The Morgan fingerprint density at radius 1 is 1.19 bits per heavy atom. The maximum Gasteiger partial charge on any atom is 0.303 e. The number of carbonyl (C=O) groups is 2. The van der Waals surface area contributed by atoms with Crippen molar-refractivity contribution in [2.75, 3.05) is 19.4 Å². The van der Waals surface area contributed by atoms with E-state index in [0.717, 1.165) is 10.6 Å². The molecule has 1 rings (SSSR count). The predicted octanol–water partition coefficient (Wildman–Crippen LogP) is 2.55. The molecule has 1 amide bonds. The van der Waals surface area contributed by atoms with Gasteiger partial charge in [0.15, 0.2) is 0 Å². The lowest BCUT2D eigenvalue weighted by molar-refractivity contribution is -0.137. The molecule has 0 aliphatic carbocycles. The number of aliphatic carboxylic acids is 1. The molecule has 6 heteroatoms. The minimum absolute atomic E-state index is 0.00587. The second-order valence-corrected chi connectivity index (χ2v) is 5.64. The number of hydrogen-bond donors (Lipinski definition) is 2. The highest BCUT2D eigenvalue weighted by Crippen LogP contribution is 2.21. The first-order valence-electron chi connectivity index (χ1n) is 6.87. The Morgan fingerprint density at radius 3 is 2.52 bits per heavy atom. The van der Waals surface area contributed by atoms with Gasteiger partial charge in [0, 0.05) is 30.0 Å². The molecule has 2 N–H and O–H groups in total. The summed E-state index contributed by atoms with van der Waals surface area (Å²) in [5.74, 6) is 0.745. The van der Waals surface area contributed by atoms with E-state index in [0.29, 0.717) is 31.6 Å². The van der Waals surface area contributed by atoms with Crippen LogP contribution in [0.3, 0.4) is 0 Å². The van der Waals surface area contributed by atoms with Crippen LogP contribution in [-0.4, -0.2) is 36.4 Å². The third-order valence-electron chi connectivity index (χ3n) is 2.80. The molecule has 0 bridgehead atoms. The van der Waals surface area contributed by atoms with Crippen molar-refractivity contribution in [1.82, 2.24) is 5.32 Å². The molecule has 0 saturated heterocycles. The number of nitrogens with one attached hydrogen (secondary N) is 1. The smallest absolute Gasteiger partial charge is 0.303 e. The van der Waals surface area contributed by atoms with Crippen molar-refractivity contribution in [3.05, 3.63) is 24.3 Å². The number of methoxy groups -OCH3 is 1. The summed E-state index contributed by atoms with van der Waals surface area (Å²) in [6.45, 7) is 0.541. The number of rotatable bonds is 10. The lowest BCUT2D eigenvalue weighted by Crippen LogP contribution is -2.24. The zero-order chi connectivity index (χ0) is 15.5. The van der Waals surface area contributed by atoms with Crippen LogP contribution in [0.1, 0.15) is 25.7 Å². The Bertz CT molecular complexity index is 447. The van der Waals surface area contributed by atoms with Gasteiger partial charge in [0.25, 0.3) is 0 Å². The predicted molar refractivity (Wildman–Crippen MR) is 82.8 cm³/mol. The van der Waals surface area contributed by atoms with Gasteiger partial charge >= 0.3 is 5.97 Å². The fourth-order valence-corrected chi connectivity index (χ4v) is 2.50. The molecule has 0 aliphatic heterocycles. The molecule has 116 valence electrons. The number of unbranched alkanes of at least 4 members (excludes halogenated alkanes) is 1. The molecule has 0 saturated carbocycles. The first-order valence-corrected chi connectivity index (χ1v) is 7.85. The third kappa shape index (κ3) is 8.24. The average Bonchev–Trinajstić information content (AvgIpc) is 2.47. The molecule has 1 aromatic rings. The minimum Gasteiger partial charge on any atom is -0.497 e. The third-order valence-corrected chi connectivity index (χ3v) is 3.81. The van der Waals surface area contributed by atoms with Crippen LogP contribution >= 0.6 is 11.8 Å². The van der Waals surface area contributed by atoms with Crippen LogP contribution in [0.5, 0.6) is 5.75 Å². The zero-order valence-electron chi connectivity index (χ0n) is 12.1. The van der Waals surface area contributed by atoms with Gasteiger partial charge in [-0.05, 0) is 37.1 Å². The van der Waals surface area contributed by atoms with Gasteiger partial charge in [-0.1, -0.05) is 0 Å². The Balaban J connectivity index is 2.08. The molecule has 0 fully saturated rings. The normalized spacial score (nSPS) is 10.1. The lowest BCUT2D eigenvalue weighted by Gasteiger charge is -2.05. The number of carboxylic acids is 1. The van der Waals surface area contributed by atoms with Gasteiger partial charge in [-0.15, -0.1) is 11.8 Å². The molecule has 21 heavy (non-hydrogen) atoms. The summed E-state index contributed by atoms with van der Waals surface area (Å²) in [4.78, 5) is 23.0. The Morgan fingerprint density at radius 2 is 1.90 bits per heavy atom. The van der Waals surface area contributed by atoms with E-state index in [9.17, 15) is 9.59 Å². The Kier molecular flexibility index (Phi) is 8.35. The van der Waals surface area contributed by atoms with E-state index in [2.05, 4.69) is 5.32 Å². The van der Waals surface area contributed by atoms with Gasteiger partial charge in [-0.25, -0.2) is 0 Å². The Labute approximate surface area is 129 Å². The van der Waals surface area contributed by atoms with Crippen LogP contribution in [0.25, 0.3) is 0 Å². The SMILES string of the molecule is COc1ccc(SCCC(=O)NCCCCC(=O)O)cc1. The number of ether oxygens (including phenoxy) is 1. The summed E-state index contributed by atoms with van der Waals surface area (Å²) < 4.78 is 5.08. The van der Waals surface area contributed by atoms with Gasteiger partial charge in [-0.3, -0.25) is 9.59 Å². The molecule has 0 heterocycles. The maximum absolute atomic E-state index is 11.6. The molecule has 0 aromatic heterocycles. The van der Waals surface area contributed by atoms with Gasteiger partial charge in [-0.2, -0.15) is 0 Å². The standard InChI is InChI=1S/C15H21NO4S/c1-20-12-5-7-13(8-6-12)21-11-9-14(17)16-10-3-2-4-15(18)19/h5-8H,2-4,9-11H2,1H3,(H,16,17)(H,18,19). The van der Waals surface area contributed by atoms with Crippen molar-refractivity contribution in [3.8, 4) is 5.75 Å². The largest absolute Gasteiger partial charge is 0.497 e. The van der Waals surface area contributed by atoms with Crippen molar-refractivity contribution in [3.63, 3.8) is 0 Å². The number of hydrogen-bond acceptors (Lipinski definition) is 4. The van der Waals surface area contributed by atoms with Crippen molar-refractivity contribution >= 4 is 23.6 Å². The fourth-order valence-electron chi connectivity index (χ4n) is 1.65. The number of amides is 1. The summed E-state index contributed by atoms with van der Waals surface area (Å²) in [5, 5.41) is 11.3. The van der Waals surface area contributed by atoms with E-state index in [1.165, 1.54) is 0 Å². The van der Waals surface area contributed by atoms with Crippen LogP contribution in [-0.2, 0) is 9.59 Å². The van der Waals surface area contributed by atoms with Crippen molar-refractivity contribution in [1.29, 1.82) is 0 Å². The average molecular weight is 311 g/mol. The number of thioether (sulfide) groups is 1. The van der Waals surface area contributed by atoms with Crippen LogP contribution in [0, 0.1) is 0 Å². The second-order valence-electron chi connectivity index (χ2n) is 4.47. The van der Waals surface area contributed by atoms with Crippen LogP contribution < -0.4 is 10.1 Å². The summed E-state index contributed by atoms with van der Waals surface area (Å²) in [7, 11) is 1.63. The first kappa shape index (κ1) is 17.4. The van der Waals surface area contributed by atoms with Crippen LogP contribution in [0.4, 0.5) is 0 Å². The van der Waals surface area contributed by atoms with Crippen molar-refractivity contribution < 1.29 is 19.4 Å². The van der Waals surface area contributed by atoms with Crippen LogP contribution in [0.15, 0.2) is 29.2 Å². The monoisotopic (exact) mass is 311 g/mol. The highest BCUT2D eigenvalue weighted by Gasteiger charge is 2.02. The zero-order valence-corrected chi connectivity index (χ0v) is 12.9. The molecule has 0 atom stereocenters. The number of benzene rings is 1. The van der Waals surface area contributed by atoms with E-state index >= 15 is 0 Å². The van der Waals surface area contributed by atoms with E-state index in [1.807, 2.05) is 24.3 Å². The number of carboxylic acid groups (broad SMARTS) is 1.